The van der Waals surface area contributed by atoms with Gasteiger partial charge >= 0.3 is 23.9 Å². The first-order valence-corrected chi connectivity index (χ1v) is 14.5. The molecule has 2 fully saturated rings. The van der Waals surface area contributed by atoms with Crippen LogP contribution in [0.5, 0.6) is 0 Å². The minimum atomic E-state index is -1.46. The summed E-state index contributed by atoms with van der Waals surface area (Å²) in [5, 5.41) is 19.9. The van der Waals surface area contributed by atoms with E-state index in [1.807, 2.05) is 0 Å². The molecule has 4 rings (SSSR count). The van der Waals surface area contributed by atoms with Gasteiger partial charge in [-0.25, -0.2) is 9.97 Å². The summed E-state index contributed by atoms with van der Waals surface area (Å²) in [6.07, 6.45) is -5.22. The van der Waals surface area contributed by atoms with Crippen molar-refractivity contribution in [2.45, 2.75) is 76.8 Å². The average Bonchev–Trinajstić information content (AvgIpc) is 3.49. The first-order chi connectivity index (χ1) is 23.4. The molecule has 22 heteroatoms. The van der Waals surface area contributed by atoms with E-state index < -0.39 is 107 Å². The van der Waals surface area contributed by atoms with E-state index in [4.69, 9.17) is 39.9 Å². The number of hydrogen-bond acceptors (Lipinski definition) is 18. The Morgan fingerprint density at radius 1 is 0.680 bits per heavy atom. The van der Waals surface area contributed by atoms with Gasteiger partial charge in [-0.15, -0.1) is 0 Å². The Morgan fingerprint density at radius 3 is 1.54 bits per heavy atom. The smallest absolute Gasteiger partial charge is 0.303 e. The third-order valence-electron chi connectivity index (χ3n) is 6.88. The number of rotatable bonds is 10. The third-order valence-corrected chi connectivity index (χ3v) is 6.88. The molecule has 0 aromatic carbocycles. The molecular formula is C28H34N6O16. The maximum atomic E-state index is 12.5. The standard InChI is InChI=1S/C16H19N3O9.C12H15N3O7/c1-7(20)25-6-10-12(26-8(2)21)13(27-9(3)22)16(28-10)19-5-4-18-11(14(17)23)15(19)24;1-5(16)21-4-6-8(17)9(18)12(22-6)15-3-2-14-7(10(13)19)11(15)20/h4-5,10,12-13,16H,6H2,1-3H3,(H2,17,23);2-3,6,8-9,12,17-18H,4H2,1H3,(H2,13,19)/t10-,12-,13?,16-;6-,8-,9-,12-/m11/s1. The van der Waals surface area contributed by atoms with Gasteiger partial charge in [0.05, 0.1) is 0 Å². The molecule has 22 nitrogen and oxygen atoms in total. The Labute approximate surface area is 280 Å². The largest absolute Gasteiger partial charge is 0.463 e. The van der Waals surface area contributed by atoms with Crippen molar-refractivity contribution in [1.29, 1.82) is 0 Å². The second-order valence-electron chi connectivity index (χ2n) is 10.6. The van der Waals surface area contributed by atoms with Gasteiger partial charge in [0.2, 0.25) is 0 Å². The predicted molar refractivity (Wildman–Crippen MR) is 158 cm³/mol. The van der Waals surface area contributed by atoms with Crippen molar-refractivity contribution in [3.05, 3.63) is 56.9 Å². The highest BCUT2D eigenvalue weighted by molar-refractivity contribution is 5.90. The first kappa shape index (κ1) is 38.9. The zero-order valence-corrected chi connectivity index (χ0v) is 26.9. The highest BCUT2D eigenvalue weighted by Crippen LogP contribution is 2.34. The zero-order valence-electron chi connectivity index (χ0n) is 26.9. The van der Waals surface area contributed by atoms with Crippen molar-refractivity contribution in [1.82, 2.24) is 19.1 Å². The lowest BCUT2D eigenvalue weighted by Crippen LogP contribution is -2.42. The number of aliphatic hydroxyl groups is 2. The summed E-state index contributed by atoms with van der Waals surface area (Å²) in [6.45, 7) is 3.98. The maximum absolute atomic E-state index is 12.5. The summed E-state index contributed by atoms with van der Waals surface area (Å²) in [7, 11) is 0. The molecule has 2 aromatic heterocycles. The fraction of sp³-hybridized carbons (Fsp3) is 0.500. The van der Waals surface area contributed by atoms with Crippen LogP contribution in [0, 0.1) is 0 Å². The molecule has 2 aliphatic rings. The maximum Gasteiger partial charge on any atom is 0.303 e. The van der Waals surface area contributed by atoms with Crippen LogP contribution in [0.3, 0.4) is 0 Å². The van der Waals surface area contributed by atoms with E-state index in [2.05, 4.69) is 9.97 Å². The molecule has 0 radical (unpaired) electrons. The predicted octanol–water partition coefficient (Wildman–Crippen LogP) is -3.81. The normalized spacial score (nSPS) is 25.4. The molecule has 6 N–H and O–H groups in total. The van der Waals surface area contributed by atoms with E-state index in [1.54, 1.807) is 0 Å². The van der Waals surface area contributed by atoms with Crippen LogP contribution in [0.2, 0.25) is 0 Å². The van der Waals surface area contributed by atoms with Crippen molar-refractivity contribution in [2.24, 2.45) is 11.5 Å². The topological polar surface area (TPSA) is 320 Å². The second-order valence-corrected chi connectivity index (χ2v) is 10.6. The van der Waals surface area contributed by atoms with E-state index in [9.17, 15) is 48.6 Å². The summed E-state index contributed by atoms with van der Waals surface area (Å²) < 4.78 is 32.9. The number of primary amides is 2. The van der Waals surface area contributed by atoms with Crippen LogP contribution in [0.4, 0.5) is 0 Å². The molecule has 0 spiro atoms. The molecule has 1 unspecified atom stereocenters. The Bertz CT molecular complexity index is 1740. The molecule has 2 amide bonds. The van der Waals surface area contributed by atoms with Crippen LogP contribution in [-0.2, 0) is 47.6 Å². The van der Waals surface area contributed by atoms with Crippen molar-refractivity contribution in [2.75, 3.05) is 13.2 Å². The summed E-state index contributed by atoms with van der Waals surface area (Å²) in [6, 6.07) is 0. The molecule has 2 aromatic rings. The van der Waals surface area contributed by atoms with Gasteiger partial charge in [-0.1, -0.05) is 0 Å². The van der Waals surface area contributed by atoms with Crippen LogP contribution < -0.4 is 22.6 Å². The van der Waals surface area contributed by atoms with Gasteiger partial charge in [0.25, 0.3) is 22.9 Å². The van der Waals surface area contributed by atoms with E-state index in [0.717, 1.165) is 35.4 Å². The summed E-state index contributed by atoms with van der Waals surface area (Å²) in [4.78, 5) is 99.2. The molecule has 50 heavy (non-hydrogen) atoms. The molecule has 272 valence electrons. The Hall–Kier alpha value is -5.58. The number of aromatic nitrogens is 4. The number of hydrogen-bond donors (Lipinski definition) is 4. The van der Waals surface area contributed by atoms with Crippen LogP contribution in [-0.4, -0.2) is 115 Å². The van der Waals surface area contributed by atoms with Crippen molar-refractivity contribution in [3.63, 3.8) is 0 Å². The van der Waals surface area contributed by atoms with E-state index in [0.29, 0.717) is 0 Å². The van der Waals surface area contributed by atoms with Crippen LogP contribution in [0.1, 0.15) is 61.1 Å². The number of aliphatic hydroxyl groups excluding tert-OH is 2. The fourth-order valence-electron chi connectivity index (χ4n) is 4.80. The fourth-order valence-corrected chi connectivity index (χ4v) is 4.80. The van der Waals surface area contributed by atoms with Crippen LogP contribution in [0.25, 0.3) is 0 Å². The Balaban J connectivity index is 0.000000278. The van der Waals surface area contributed by atoms with E-state index in [1.165, 1.54) is 26.2 Å². The molecule has 2 aliphatic heterocycles. The number of amides is 2. The number of nitrogens with zero attached hydrogens (tertiary/aromatic N) is 4. The third kappa shape index (κ3) is 9.31. The molecule has 8 atom stereocenters. The monoisotopic (exact) mass is 710 g/mol. The van der Waals surface area contributed by atoms with Gasteiger partial charge in [0.15, 0.2) is 36.1 Å². The molecule has 2 saturated heterocycles. The summed E-state index contributed by atoms with van der Waals surface area (Å²) >= 11 is 0. The molecular weight excluding hydrogens is 676 g/mol. The first-order valence-electron chi connectivity index (χ1n) is 14.5. The number of ether oxygens (including phenoxy) is 6. The van der Waals surface area contributed by atoms with Gasteiger partial charge in [0, 0.05) is 52.5 Å². The van der Waals surface area contributed by atoms with E-state index >= 15 is 0 Å². The quantitative estimate of drug-likeness (QED) is 0.136. The lowest BCUT2D eigenvalue weighted by Gasteiger charge is -2.24. The van der Waals surface area contributed by atoms with Crippen LogP contribution >= 0.6 is 0 Å². The van der Waals surface area contributed by atoms with Crippen molar-refractivity contribution < 1.29 is 67.4 Å². The molecule has 0 saturated carbocycles. The number of esters is 4. The van der Waals surface area contributed by atoms with Crippen molar-refractivity contribution in [3.8, 4) is 0 Å². The SMILES string of the molecule is CC(=O)OC[C@H]1O[C@@H](n2ccnc(C(N)=O)c2=O)C(OC(C)=O)[C@@H]1OC(C)=O.CC(=O)OC[C@H]1O[C@@H](n2ccnc(C(N)=O)c2=O)[C@H](O)[C@@H]1O. The molecule has 0 aliphatic carbocycles. The summed E-state index contributed by atoms with van der Waals surface area (Å²) in [5.41, 5.74) is 7.33. The highest BCUT2D eigenvalue weighted by Gasteiger charge is 2.51. The lowest BCUT2D eigenvalue weighted by molar-refractivity contribution is -0.166. The van der Waals surface area contributed by atoms with Gasteiger partial charge in [-0.2, -0.15) is 0 Å². The molecule has 0 bridgehead atoms. The van der Waals surface area contributed by atoms with Gasteiger partial charge < -0.3 is 50.1 Å². The minimum absolute atomic E-state index is 0.285. The van der Waals surface area contributed by atoms with Gasteiger partial charge in [-0.05, 0) is 0 Å². The Morgan fingerprint density at radius 2 is 1.10 bits per heavy atom. The Kier molecular flexibility index (Phi) is 13.0. The van der Waals surface area contributed by atoms with Crippen LogP contribution in [0.15, 0.2) is 34.4 Å². The average molecular weight is 711 g/mol. The summed E-state index contributed by atoms with van der Waals surface area (Å²) in [5.74, 6) is -4.72. The van der Waals surface area contributed by atoms with E-state index in [-0.39, 0.29) is 13.2 Å². The minimum Gasteiger partial charge on any atom is -0.463 e. The zero-order chi connectivity index (χ0) is 37.4. The number of carbonyl (C=O) groups is 6. The van der Waals surface area contributed by atoms with Gasteiger partial charge in [0.1, 0.15) is 37.6 Å². The number of nitrogens with two attached hydrogens (primary N) is 2. The highest BCUT2D eigenvalue weighted by atomic mass is 16.7. The number of carbonyl (C=O) groups excluding carboxylic acids is 6. The molecule has 4 heterocycles. The lowest BCUT2D eigenvalue weighted by atomic mass is 10.1. The second kappa shape index (κ2) is 16.7. The van der Waals surface area contributed by atoms with Crippen molar-refractivity contribution >= 4 is 35.7 Å². The van der Waals surface area contributed by atoms with Gasteiger partial charge in [-0.3, -0.25) is 47.5 Å².